The Bertz CT molecular complexity index is 686. The number of aliphatic hydroxyl groups excluding tert-OH is 2. The number of esters is 1. The third-order valence-corrected chi connectivity index (χ3v) is 3.96. The molecule has 0 heterocycles. The molecule has 0 aliphatic carbocycles. The van der Waals surface area contributed by atoms with Gasteiger partial charge in [0.15, 0.2) is 0 Å². The van der Waals surface area contributed by atoms with Crippen LogP contribution in [0.3, 0.4) is 0 Å². The van der Waals surface area contributed by atoms with E-state index in [4.69, 9.17) is 4.74 Å². The maximum absolute atomic E-state index is 11.2. The van der Waals surface area contributed by atoms with E-state index in [9.17, 15) is 15.0 Å². The first-order chi connectivity index (χ1) is 14.0. The number of hydrogen-bond acceptors (Lipinski definition) is 5. The van der Waals surface area contributed by atoms with Gasteiger partial charge in [-0.25, -0.2) is 0 Å². The third-order valence-electron chi connectivity index (χ3n) is 3.96. The molecule has 0 aliphatic rings. The molecule has 0 unspecified atom stereocenters. The molecule has 1 aromatic rings. The third kappa shape index (κ3) is 12.4. The lowest BCUT2D eigenvalue weighted by Gasteiger charge is -2.09. The molecule has 0 saturated carbocycles. The van der Waals surface area contributed by atoms with Crippen LogP contribution in [0.15, 0.2) is 72.9 Å². The lowest BCUT2D eigenvalue weighted by atomic mass is 10.1. The van der Waals surface area contributed by atoms with Crippen LogP contribution >= 0.6 is 0 Å². The smallest absolute Gasteiger partial charge is 0.309 e. The Morgan fingerprint density at radius 2 is 1.66 bits per heavy atom. The molecule has 5 heteroatoms. The van der Waals surface area contributed by atoms with Gasteiger partial charge in [-0.2, -0.15) is 0 Å². The van der Waals surface area contributed by atoms with E-state index in [-0.39, 0.29) is 12.4 Å². The summed E-state index contributed by atoms with van der Waals surface area (Å²) in [6.45, 7) is 2.43. The van der Waals surface area contributed by atoms with Crippen molar-refractivity contribution in [1.82, 2.24) is 0 Å². The summed E-state index contributed by atoms with van der Waals surface area (Å²) in [6, 6.07) is 7.22. The van der Waals surface area contributed by atoms with Crippen LogP contribution < -0.4 is 4.74 Å². The molecule has 0 aliphatic heterocycles. The zero-order valence-electron chi connectivity index (χ0n) is 17.2. The lowest BCUT2D eigenvalue weighted by molar-refractivity contribution is -0.139. The monoisotopic (exact) mass is 400 g/mol. The highest BCUT2D eigenvalue weighted by atomic mass is 16.5. The van der Waals surface area contributed by atoms with Crippen LogP contribution in [0.25, 0.3) is 0 Å². The largest absolute Gasteiger partial charge is 0.493 e. The lowest BCUT2D eigenvalue weighted by Crippen LogP contribution is -2.09. The highest BCUT2D eigenvalue weighted by Crippen LogP contribution is 2.13. The molecule has 2 atom stereocenters. The average molecular weight is 401 g/mol. The normalized spacial score (nSPS) is 14.2. The maximum atomic E-state index is 11.2. The Morgan fingerprint density at radius 3 is 2.28 bits per heavy atom. The van der Waals surface area contributed by atoms with Gasteiger partial charge in [-0.1, -0.05) is 67.7 Å². The van der Waals surface area contributed by atoms with Crippen LogP contribution in [-0.2, 0) is 16.0 Å². The fourth-order valence-corrected chi connectivity index (χ4v) is 2.33. The molecule has 0 saturated heterocycles. The van der Waals surface area contributed by atoms with E-state index in [1.807, 2.05) is 30.4 Å². The molecular formula is C24H32O5. The van der Waals surface area contributed by atoms with Gasteiger partial charge in [-0.15, -0.1) is 0 Å². The van der Waals surface area contributed by atoms with Crippen LogP contribution in [0, 0.1) is 0 Å². The summed E-state index contributed by atoms with van der Waals surface area (Å²) in [4.78, 5) is 11.2. The van der Waals surface area contributed by atoms with Crippen LogP contribution in [-0.4, -0.2) is 42.1 Å². The summed E-state index contributed by atoms with van der Waals surface area (Å²) < 4.78 is 10.2. The van der Waals surface area contributed by atoms with Gasteiger partial charge >= 0.3 is 5.97 Å². The summed E-state index contributed by atoms with van der Waals surface area (Å²) in [5.74, 6) is 0.408. The molecule has 0 spiro atoms. The predicted molar refractivity (Wildman–Crippen MR) is 116 cm³/mol. The topological polar surface area (TPSA) is 76.0 Å². The number of hydrogen-bond donors (Lipinski definition) is 2. The number of methoxy groups -OCH3 is 1. The average Bonchev–Trinajstić information content (AvgIpc) is 2.72. The number of ether oxygens (including phenoxy) is 2. The van der Waals surface area contributed by atoms with Gasteiger partial charge in [0.05, 0.1) is 32.3 Å². The molecule has 158 valence electrons. The minimum Gasteiger partial charge on any atom is -0.493 e. The molecular weight excluding hydrogens is 368 g/mol. The number of benzene rings is 1. The van der Waals surface area contributed by atoms with Gasteiger partial charge in [0.2, 0.25) is 0 Å². The fraction of sp³-hybridized carbons (Fsp3) is 0.375. The quantitative estimate of drug-likeness (QED) is 0.298. The highest BCUT2D eigenvalue weighted by molar-refractivity contribution is 5.72. The minimum absolute atomic E-state index is 0.234. The predicted octanol–water partition coefficient (Wildman–Crippen LogP) is 3.92. The van der Waals surface area contributed by atoms with Crippen LogP contribution in [0.2, 0.25) is 0 Å². The van der Waals surface area contributed by atoms with Gasteiger partial charge in [0, 0.05) is 6.42 Å². The number of aliphatic hydroxyl groups is 2. The Hall–Kier alpha value is -2.63. The van der Waals surface area contributed by atoms with Crippen molar-refractivity contribution >= 4 is 5.97 Å². The Labute approximate surface area is 173 Å². The second-order valence-electron chi connectivity index (χ2n) is 6.44. The van der Waals surface area contributed by atoms with E-state index < -0.39 is 12.2 Å². The summed E-state index contributed by atoms with van der Waals surface area (Å²) >= 11 is 0. The SMILES string of the molecule is CC/C=C\C[C@H](O)/C=C/C=C\C=C\[C@@H](O)CCOc1ccc(CC(=O)OC)cc1. The van der Waals surface area contributed by atoms with Crippen molar-refractivity contribution in [3.05, 3.63) is 78.4 Å². The number of rotatable bonds is 13. The molecule has 2 N–H and O–H groups in total. The van der Waals surface area contributed by atoms with Gasteiger partial charge in [0.1, 0.15) is 5.75 Å². The minimum atomic E-state index is -0.605. The van der Waals surface area contributed by atoms with E-state index in [0.29, 0.717) is 25.2 Å². The molecule has 1 aromatic carbocycles. The standard InChI is InChI=1S/C24H32O5/c1-3-4-7-10-21(25)11-8-5-6-9-12-22(26)17-18-29-23-15-13-20(14-16-23)19-24(27)28-2/h4-9,11-16,21-22,25-26H,3,10,17-19H2,1-2H3/b6-5-,7-4-,11-8+,12-9+/t21-,22+/m0/s1. The van der Waals surface area contributed by atoms with E-state index in [0.717, 1.165) is 12.0 Å². The first-order valence-corrected chi connectivity index (χ1v) is 9.86. The number of carbonyl (C=O) groups excluding carboxylic acids is 1. The fourth-order valence-electron chi connectivity index (χ4n) is 2.33. The molecule has 5 nitrogen and oxygen atoms in total. The van der Waals surface area contributed by atoms with Crippen molar-refractivity contribution < 1.29 is 24.5 Å². The summed E-state index contributed by atoms with van der Waals surface area (Å²) in [6.07, 6.45) is 15.8. The molecule has 0 amide bonds. The van der Waals surface area contributed by atoms with Gasteiger partial charge in [-0.3, -0.25) is 4.79 Å². The van der Waals surface area contributed by atoms with Gasteiger partial charge < -0.3 is 19.7 Å². The van der Waals surface area contributed by atoms with Crippen molar-refractivity contribution in [2.45, 2.75) is 44.8 Å². The highest BCUT2D eigenvalue weighted by Gasteiger charge is 2.04. The van der Waals surface area contributed by atoms with E-state index in [1.165, 1.54) is 7.11 Å². The maximum Gasteiger partial charge on any atom is 0.309 e. The molecule has 0 aromatic heterocycles. The molecule has 0 bridgehead atoms. The van der Waals surface area contributed by atoms with Crippen LogP contribution in [0.1, 0.15) is 31.7 Å². The second-order valence-corrected chi connectivity index (χ2v) is 6.44. The number of carbonyl (C=O) groups is 1. The van der Waals surface area contributed by atoms with E-state index >= 15 is 0 Å². The van der Waals surface area contributed by atoms with E-state index in [2.05, 4.69) is 11.7 Å². The Morgan fingerprint density at radius 1 is 1.00 bits per heavy atom. The Balaban J connectivity index is 2.25. The number of allylic oxidation sites excluding steroid dienone is 5. The van der Waals surface area contributed by atoms with Crippen molar-refractivity contribution in [3.8, 4) is 5.75 Å². The second kappa shape index (κ2) is 15.3. The van der Waals surface area contributed by atoms with Crippen molar-refractivity contribution in [3.63, 3.8) is 0 Å². The summed E-state index contributed by atoms with van der Waals surface area (Å²) in [7, 11) is 1.36. The summed E-state index contributed by atoms with van der Waals surface area (Å²) in [5, 5.41) is 19.7. The summed E-state index contributed by atoms with van der Waals surface area (Å²) in [5.41, 5.74) is 0.859. The zero-order valence-corrected chi connectivity index (χ0v) is 17.2. The van der Waals surface area contributed by atoms with Gasteiger partial charge in [0.25, 0.3) is 0 Å². The molecule has 0 fully saturated rings. The van der Waals surface area contributed by atoms with Crippen molar-refractivity contribution in [2.75, 3.05) is 13.7 Å². The van der Waals surface area contributed by atoms with Gasteiger partial charge in [-0.05, 0) is 30.5 Å². The van der Waals surface area contributed by atoms with Crippen molar-refractivity contribution in [1.29, 1.82) is 0 Å². The van der Waals surface area contributed by atoms with Crippen LogP contribution in [0.4, 0.5) is 0 Å². The molecule has 29 heavy (non-hydrogen) atoms. The molecule has 1 rings (SSSR count). The van der Waals surface area contributed by atoms with E-state index in [1.54, 1.807) is 42.5 Å². The molecule has 0 radical (unpaired) electrons. The van der Waals surface area contributed by atoms with Crippen LogP contribution in [0.5, 0.6) is 5.75 Å². The zero-order chi connectivity index (χ0) is 21.3. The van der Waals surface area contributed by atoms with Crippen molar-refractivity contribution in [2.24, 2.45) is 0 Å². The Kier molecular flexibility index (Phi) is 12.9. The first kappa shape index (κ1) is 24.4. The first-order valence-electron chi connectivity index (χ1n) is 9.86.